The third-order valence-electron chi connectivity index (χ3n) is 12.7. The Morgan fingerprint density at radius 2 is 1.17 bits per heavy atom. The van der Waals surface area contributed by atoms with Gasteiger partial charge in [-0.15, -0.1) is 0 Å². The van der Waals surface area contributed by atoms with E-state index in [-0.39, 0.29) is 0 Å². The van der Waals surface area contributed by atoms with Crippen molar-refractivity contribution in [3.05, 3.63) is 229 Å². The van der Waals surface area contributed by atoms with Gasteiger partial charge in [-0.25, -0.2) is 0 Å². The number of aromatic nitrogens is 1. The van der Waals surface area contributed by atoms with Gasteiger partial charge in [0, 0.05) is 50.4 Å². The van der Waals surface area contributed by atoms with E-state index in [0.717, 1.165) is 51.1 Å². The van der Waals surface area contributed by atoms with Crippen molar-refractivity contribution in [3.8, 4) is 16.8 Å². The molecule has 0 fully saturated rings. The van der Waals surface area contributed by atoms with Crippen LogP contribution in [0.25, 0.3) is 60.6 Å². The van der Waals surface area contributed by atoms with Crippen LogP contribution in [-0.2, 0) is 5.41 Å². The van der Waals surface area contributed by atoms with Gasteiger partial charge in [0.15, 0.2) is 0 Å². The number of rotatable bonds is 6. The van der Waals surface area contributed by atoms with Gasteiger partial charge < -0.3 is 13.9 Å². The molecule has 0 saturated carbocycles. The first-order valence-electron chi connectivity index (χ1n) is 20.7. The summed E-state index contributed by atoms with van der Waals surface area (Å²) in [5, 5.41) is 4.67. The minimum atomic E-state index is -0.490. The van der Waals surface area contributed by atoms with Gasteiger partial charge in [0.05, 0.1) is 16.4 Å². The summed E-state index contributed by atoms with van der Waals surface area (Å²) in [5.74, 6) is 0.437. The summed E-state index contributed by atoms with van der Waals surface area (Å²) in [5.41, 5.74) is 15.8. The summed E-state index contributed by atoms with van der Waals surface area (Å²) < 4.78 is 8.93. The molecule has 2 unspecified atom stereocenters. The van der Waals surface area contributed by atoms with E-state index in [9.17, 15) is 0 Å². The van der Waals surface area contributed by atoms with Crippen LogP contribution in [0.15, 0.2) is 216 Å². The number of allylic oxidation sites excluding steroid dienone is 4. The molecule has 59 heavy (non-hydrogen) atoms. The van der Waals surface area contributed by atoms with Crippen molar-refractivity contribution >= 4 is 60.8 Å². The van der Waals surface area contributed by atoms with Crippen LogP contribution in [0.2, 0.25) is 0 Å². The molecule has 0 amide bonds. The van der Waals surface area contributed by atoms with E-state index < -0.39 is 5.41 Å². The molecule has 2 aliphatic carbocycles. The monoisotopic (exact) mass is 756 g/mol. The average molecular weight is 757 g/mol. The smallest absolute Gasteiger partial charge is 0.137 e. The predicted octanol–water partition coefficient (Wildman–Crippen LogP) is 15.0. The number of para-hydroxylation sites is 3. The zero-order chi connectivity index (χ0) is 39.1. The van der Waals surface area contributed by atoms with E-state index >= 15 is 0 Å². The van der Waals surface area contributed by atoms with Gasteiger partial charge in [-0.1, -0.05) is 140 Å². The number of fused-ring (bicyclic) bond motifs is 9. The molecule has 3 heteroatoms. The molecule has 10 aromatic rings. The van der Waals surface area contributed by atoms with Crippen LogP contribution in [0.1, 0.15) is 30.0 Å². The summed E-state index contributed by atoms with van der Waals surface area (Å²) in [6.07, 6.45) is 8.31. The molecule has 8 aromatic carbocycles. The molecule has 2 heterocycles. The Balaban J connectivity index is 1.14. The van der Waals surface area contributed by atoms with Crippen LogP contribution in [0.3, 0.4) is 0 Å². The predicted molar refractivity (Wildman–Crippen MR) is 246 cm³/mol. The van der Waals surface area contributed by atoms with Crippen molar-refractivity contribution in [1.29, 1.82) is 0 Å². The fraction of sp³-hybridized carbons (Fsp3) is 0.0714. The number of hydrogen-bond acceptors (Lipinski definition) is 2. The van der Waals surface area contributed by atoms with Gasteiger partial charge in [0.25, 0.3) is 0 Å². The standard InChI is InChI=1S/C56H40N2O/c1-37-15-14-18-39(33-37)56(38-16-4-2-5-17-38)50-24-11-8-21-44(50)45-30-27-42(35-51(45)56)57(43-28-31-48-47-23-10-13-26-54(47)59-55(48)36-43)41-29-32-53-49(34-41)46-22-9-12-25-52(46)58(53)40-19-6-3-7-20-40/h2-14,16-37H,15H2,1H3. The molecule has 0 radical (unpaired) electrons. The summed E-state index contributed by atoms with van der Waals surface area (Å²) >= 11 is 0. The first-order valence-corrected chi connectivity index (χ1v) is 20.7. The first-order chi connectivity index (χ1) is 29.2. The fourth-order valence-corrected chi connectivity index (χ4v) is 10.2. The molecule has 12 rings (SSSR count). The highest BCUT2D eigenvalue weighted by molar-refractivity contribution is 6.11. The van der Waals surface area contributed by atoms with Crippen LogP contribution in [0.4, 0.5) is 17.1 Å². The SMILES string of the molecule is CC1C=C(C2(c3ccccc3)c3ccccc3-c3ccc(N(c4ccc5c(c4)oc4ccccc45)c4ccc5c(c4)c4ccccc4n5-c4ccccc4)cc32)C=CC1. The number of anilines is 3. The molecule has 2 atom stereocenters. The highest BCUT2D eigenvalue weighted by atomic mass is 16.3. The van der Waals surface area contributed by atoms with Crippen molar-refractivity contribution in [2.75, 3.05) is 4.90 Å². The topological polar surface area (TPSA) is 21.3 Å². The average Bonchev–Trinajstić information content (AvgIpc) is 3.93. The lowest BCUT2D eigenvalue weighted by atomic mass is 9.65. The lowest BCUT2D eigenvalue weighted by molar-refractivity contribution is 0.669. The molecular formula is C56H40N2O. The molecule has 0 aliphatic heterocycles. The van der Waals surface area contributed by atoms with E-state index in [4.69, 9.17) is 4.42 Å². The number of hydrogen-bond donors (Lipinski definition) is 0. The zero-order valence-electron chi connectivity index (χ0n) is 32.7. The van der Waals surface area contributed by atoms with E-state index in [2.05, 4.69) is 217 Å². The largest absolute Gasteiger partial charge is 0.456 e. The van der Waals surface area contributed by atoms with Gasteiger partial charge in [-0.05, 0) is 112 Å². The van der Waals surface area contributed by atoms with Crippen LogP contribution in [-0.4, -0.2) is 4.57 Å². The highest BCUT2D eigenvalue weighted by Gasteiger charge is 2.47. The van der Waals surface area contributed by atoms with Gasteiger partial charge in [-0.3, -0.25) is 0 Å². The Morgan fingerprint density at radius 3 is 2.03 bits per heavy atom. The second-order valence-corrected chi connectivity index (χ2v) is 16.1. The molecule has 0 spiro atoms. The lowest BCUT2D eigenvalue weighted by Crippen LogP contribution is -2.30. The summed E-state index contributed by atoms with van der Waals surface area (Å²) in [7, 11) is 0. The first kappa shape index (κ1) is 33.7. The van der Waals surface area contributed by atoms with E-state index in [1.165, 1.54) is 55.2 Å². The van der Waals surface area contributed by atoms with Gasteiger partial charge in [0.2, 0.25) is 0 Å². The Bertz CT molecular complexity index is 3330. The van der Waals surface area contributed by atoms with Crippen LogP contribution in [0, 0.1) is 5.92 Å². The number of furan rings is 1. The highest BCUT2D eigenvalue weighted by Crippen LogP contribution is 2.58. The molecule has 2 aliphatic rings. The molecular weight excluding hydrogens is 717 g/mol. The maximum atomic E-state index is 6.55. The van der Waals surface area contributed by atoms with Crippen LogP contribution < -0.4 is 4.90 Å². The molecule has 0 saturated heterocycles. The number of nitrogens with zero attached hydrogens (tertiary/aromatic N) is 2. The molecule has 280 valence electrons. The van der Waals surface area contributed by atoms with Crippen molar-refractivity contribution < 1.29 is 4.42 Å². The third-order valence-corrected chi connectivity index (χ3v) is 12.7. The second kappa shape index (κ2) is 13.1. The Hall–Kier alpha value is -7.36. The van der Waals surface area contributed by atoms with Crippen LogP contribution in [0.5, 0.6) is 0 Å². The van der Waals surface area contributed by atoms with E-state index in [0.29, 0.717) is 5.92 Å². The summed E-state index contributed by atoms with van der Waals surface area (Å²) in [6, 6.07) is 68.7. The Labute approximate surface area is 343 Å². The number of benzene rings is 8. The van der Waals surface area contributed by atoms with Crippen molar-refractivity contribution in [1.82, 2.24) is 4.57 Å². The molecule has 3 nitrogen and oxygen atoms in total. The van der Waals surface area contributed by atoms with E-state index in [1.54, 1.807) is 0 Å². The summed E-state index contributed by atoms with van der Waals surface area (Å²) in [4.78, 5) is 2.42. The van der Waals surface area contributed by atoms with Crippen molar-refractivity contribution in [2.24, 2.45) is 5.92 Å². The van der Waals surface area contributed by atoms with Crippen LogP contribution >= 0.6 is 0 Å². The van der Waals surface area contributed by atoms with E-state index in [1.807, 2.05) is 6.07 Å². The quantitative estimate of drug-likeness (QED) is 0.168. The van der Waals surface area contributed by atoms with Gasteiger partial charge in [0.1, 0.15) is 11.2 Å². The maximum Gasteiger partial charge on any atom is 0.137 e. The maximum absolute atomic E-state index is 6.55. The zero-order valence-corrected chi connectivity index (χ0v) is 32.7. The minimum absolute atomic E-state index is 0.437. The lowest BCUT2D eigenvalue weighted by Gasteiger charge is -2.37. The summed E-state index contributed by atoms with van der Waals surface area (Å²) in [6.45, 7) is 2.33. The minimum Gasteiger partial charge on any atom is -0.456 e. The Morgan fingerprint density at radius 1 is 0.525 bits per heavy atom. The fourth-order valence-electron chi connectivity index (χ4n) is 10.2. The second-order valence-electron chi connectivity index (χ2n) is 16.1. The van der Waals surface area contributed by atoms with Crippen molar-refractivity contribution in [2.45, 2.75) is 18.8 Å². The normalized spacial score (nSPS) is 17.1. The Kier molecular flexibility index (Phi) is 7.49. The molecule has 0 N–H and O–H groups in total. The molecule has 2 aromatic heterocycles. The third kappa shape index (κ3) is 5.01. The van der Waals surface area contributed by atoms with Gasteiger partial charge in [-0.2, -0.15) is 0 Å². The van der Waals surface area contributed by atoms with Gasteiger partial charge >= 0.3 is 0 Å². The van der Waals surface area contributed by atoms with Crippen molar-refractivity contribution in [3.63, 3.8) is 0 Å². The molecule has 0 bridgehead atoms.